The van der Waals surface area contributed by atoms with E-state index in [1.807, 2.05) is 0 Å². The molecule has 0 bridgehead atoms. The smallest absolute Gasteiger partial charge is 0.0367 e. The molecular formula is C9H22Si. The molecule has 62 valence electrons. The van der Waals surface area contributed by atoms with Crippen molar-refractivity contribution in [3.8, 4) is 0 Å². The molecule has 0 rings (SSSR count). The maximum atomic E-state index is 2.36. The van der Waals surface area contributed by atoms with Crippen LogP contribution in [0.4, 0.5) is 0 Å². The average molecular weight is 158 g/mol. The van der Waals surface area contributed by atoms with Gasteiger partial charge in [-0.1, -0.05) is 52.8 Å². The van der Waals surface area contributed by atoms with Crippen molar-refractivity contribution in [2.75, 3.05) is 0 Å². The van der Waals surface area contributed by atoms with Gasteiger partial charge in [0.15, 0.2) is 0 Å². The standard InChI is InChI=1S/C9H22Si/c1-6-10(7-2)8-9(3,4)5/h10H,6-8H2,1-5H3. The average Bonchev–Trinajstić information content (AvgIpc) is 1.81. The lowest BCUT2D eigenvalue weighted by atomic mass is 10.0. The summed E-state index contributed by atoms with van der Waals surface area (Å²) in [5.74, 6) is 0. The summed E-state index contributed by atoms with van der Waals surface area (Å²) in [5.41, 5.74) is 0.586. The highest BCUT2D eigenvalue weighted by Crippen LogP contribution is 2.24. The van der Waals surface area contributed by atoms with Gasteiger partial charge in [0, 0.05) is 8.80 Å². The van der Waals surface area contributed by atoms with Gasteiger partial charge in [-0.3, -0.25) is 0 Å². The van der Waals surface area contributed by atoms with Gasteiger partial charge in [-0.2, -0.15) is 0 Å². The lowest BCUT2D eigenvalue weighted by molar-refractivity contribution is 0.463. The zero-order valence-electron chi connectivity index (χ0n) is 8.20. The summed E-state index contributed by atoms with van der Waals surface area (Å²) in [4.78, 5) is 0. The first-order valence-electron chi connectivity index (χ1n) is 4.49. The van der Waals surface area contributed by atoms with Crippen molar-refractivity contribution in [1.82, 2.24) is 0 Å². The molecule has 0 nitrogen and oxygen atoms in total. The second-order valence-electron chi connectivity index (χ2n) is 4.45. The Kier molecular flexibility index (Phi) is 4.26. The summed E-state index contributed by atoms with van der Waals surface area (Å²) in [7, 11) is -0.317. The van der Waals surface area contributed by atoms with Gasteiger partial charge in [0.25, 0.3) is 0 Å². The van der Waals surface area contributed by atoms with Gasteiger partial charge in [-0.15, -0.1) is 0 Å². The van der Waals surface area contributed by atoms with Crippen LogP contribution in [-0.2, 0) is 0 Å². The van der Waals surface area contributed by atoms with E-state index in [0.717, 1.165) is 0 Å². The molecule has 0 aliphatic heterocycles. The zero-order valence-corrected chi connectivity index (χ0v) is 9.35. The van der Waals surface area contributed by atoms with E-state index < -0.39 is 0 Å². The van der Waals surface area contributed by atoms with E-state index in [-0.39, 0.29) is 8.80 Å². The predicted octanol–water partition coefficient (Wildman–Crippen LogP) is 3.30. The number of hydrogen-bond donors (Lipinski definition) is 0. The van der Waals surface area contributed by atoms with Crippen LogP contribution in [0.1, 0.15) is 34.6 Å². The summed E-state index contributed by atoms with van der Waals surface area (Å²) in [6.07, 6.45) is 0. The molecule has 10 heavy (non-hydrogen) atoms. The molecule has 0 amide bonds. The topological polar surface area (TPSA) is 0 Å². The molecular weight excluding hydrogens is 136 g/mol. The van der Waals surface area contributed by atoms with Crippen LogP contribution in [0.15, 0.2) is 0 Å². The summed E-state index contributed by atoms with van der Waals surface area (Å²) in [6, 6.07) is 4.47. The summed E-state index contributed by atoms with van der Waals surface area (Å²) in [5, 5.41) is 0. The SMILES string of the molecule is CC[SiH](CC)CC(C)(C)C. The molecule has 0 saturated heterocycles. The minimum Gasteiger partial charge on any atom is -0.0680 e. The Morgan fingerprint density at radius 1 is 1.00 bits per heavy atom. The fraction of sp³-hybridized carbons (Fsp3) is 1.00. The van der Waals surface area contributed by atoms with E-state index in [1.165, 1.54) is 18.1 Å². The molecule has 0 aromatic carbocycles. The first-order chi connectivity index (χ1) is 4.49. The van der Waals surface area contributed by atoms with Gasteiger partial charge in [0.2, 0.25) is 0 Å². The van der Waals surface area contributed by atoms with Crippen LogP contribution in [0, 0.1) is 5.41 Å². The van der Waals surface area contributed by atoms with E-state index in [0.29, 0.717) is 5.41 Å². The van der Waals surface area contributed by atoms with Crippen LogP contribution in [0.2, 0.25) is 18.1 Å². The highest BCUT2D eigenvalue weighted by atomic mass is 28.3. The predicted molar refractivity (Wildman–Crippen MR) is 52.4 cm³/mol. The first-order valence-corrected chi connectivity index (χ1v) is 6.94. The Balaban J connectivity index is 3.63. The molecule has 0 spiro atoms. The van der Waals surface area contributed by atoms with E-state index >= 15 is 0 Å². The monoisotopic (exact) mass is 158 g/mol. The highest BCUT2D eigenvalue weighted by Gasteiger charge is 2.16. The molecule has 0 unspecified atom stereocenters. The molecule has 0 aliphatic carbocycles. The maximum Gasteiger partial charge on any atom is 0.0367 e. The van der Waals surface area contributed by atoms with Crippen LogP contribution >= 0.6 is 0 Å². The fourth-order valence-corrected chi connectivity index (χ4v) is 4.33. The summed E-state index contributed by atoms with van der Waals surface area (Å²) >= 11 is 0. The molecule has 0 aromatic heterocycles. The summed E-state index contributed by atoms with van der Waals surface area (Å²) in [6.45, 7) is 11.8. The van der Waals surface area contributed by atoms with Gasteiger partial charge in [-0.05, 0) is 5.41 Å². The minimum absolute atomic E-state index is 0.317. The Hall–Kier alpha value is 0.217. The van der Waals surface area contributed by atoms with Crippen molar-refractivity contribution >= 4 is 8.80 Å². The fourth-order valence-electron chi connectivity index (χ4n) is 1.44. The molecule has 0 fully saturated rings. The van der Waals surface area contributed by atoms with E-state index in [9.17, 15) is 0 Å². The molecule has 0 atom stereocenters. The quantitative estimate of drug-likeness (QED) is 0.553. The largest absolute Gasteiger partial charge is 0.0680 e. The minimum atomic E-state index is -0.317. The van der Waals surface area contributed by atoms with E-state index in [2.05, 4.69) is 34.6 Å². The third-order valence-electron chi connectivity index (χ3n) is 2.06. The van der Waals surface area contributed by atoms with Gasteiger partial charge in [0.1, 0.15) is 0 Å². The lowest BCUT2D eigenvalue weighted by Crippen LogP contribution is -2.18. The van der Waals surface area contributed by atoms with Crippen LogP contribution in [-0.4, -0.2) is 8.80 Å². The van der Waals surface area contributed by atoms with Crippen molar-refractivity contribution in [3.63, 3.8) is 0 Å². The lowest BCUT2D eigenvalue weighted by Gasteiger charge is -2.22. The third-order valence-corrected chi connectivity index (χ3v) is 6.17. The van der Waals surface area contributed by atoms with E-state index in [1.54, 1.807) is 0 Å². The summed E-state index contributed by atoms with van der Waals surface area (Å²) < 4.78 is 0. The van der Waals surface area contributed by atoms with Gasteiger partial charge >= 0.3 is 0 Å². The molecule has 0 aromatic rings. The molecule has 0 N–H and O–H groups in total. The molecule has 0 radical (unpaired) electrons. The second-order valence-corrected chi connectivity index (χ2v) is 8.22. The van der Waals surface area contributed by atoms with Gasteiger partial charge in [0.05, 0.1) is 0 Å². The van der Waals surface area contributed by atoms with Crippen molar-refractivity contribution in [1.29, 1.82) is 0 Å². The maximum absolute atomic E-state index is 2.36. The normalized spacial score (nSPS) is 12.6. The van der Waals surface area contributed by atoms with Crippen LogP contribution in [0.5, 0.6) is 0 Å². The van der Waals surface area contributed by atoms with E-state index in [4.69, 9.17) is 0 Å². The van der Waals surface area contributed by atoms with Crippen molar-refractivity contribution in [3.05, 3.63) is 0 Å². The molecule has 0 aliphatic rings. The Morgan fingerprint density at radius 3 is 1.50 bits per heavy atom. The Bertz CT molecular complexity index is 77.2. The first kappa shape index (κ1) is 10.2. The number of hydrogen-bond acceptors (Lipinski definition) is 0. The van der Waals surface area contributed by atoms with Crippen molar-refractivity contribution in [2.45, 2.75) is 52.8 Å². The highest BCUT2D eigenvalue weighted by molar-refractivity contribution is 6.58. The second kappa shape index (κ2) is 4.17. The van der Waals surface area contributed by atoms with Crippen molar-refractivity contribution < 1.29 is 0 Å². The van der Waals surface area contributed by atoms with Crippen LogP contribution in [0.3, 0.4) is 0 Å². The third kappa shape index (κ3) is 5.04. The van der Waals surface area contributed by atoms with Gasteiger partial charge in [-0.25, -0.2) is 0 Å². The van der Waals surface area contributed by atoms with Crippen molar-refractivity contribution in [2.24, 2.45) is 5.41 Å². The van der Waals surface area contributed by atoms with Crippen LogP contribution < -0.4 is 0 Å². The van der Waals surface area contributed by atoms with Crippen LogP contribution in [0.25, 0.3) is 0 Å². The Morgan fingerprint density at radius 2 is 1.40 bits per heavy atom. The number of rotatable bonds is 3. The Labute approximate surface area is 67.6 Å². The molecule has 0 heterocycles. The zero-order chi connectivity index (χ0) is 8.20. The molecule has 1 heteroatoms. The molecule has 0 saturated carbocycles. The van der Waals surface area contributed by atoms with Gasteiger partial charge < -0.3 is 0 Å².